The van der Waals surface area contributed by atoms with Crippen molar-refractivity contribution in [1.82, 2.24) is 4.57 Å². The van der Waals surface area contributed by atoms with E-state index in [2.05, 4.69) is 0 Å². The third-order valence-electron chi connectivity index (χ3n) is 3.01. The lowest BCUT2D eigenvalue weighted by Gasteiger charge is -1.99. The van der Waals surface area contributed by atoms with Gasteiger partial charge >= 0.3 is 0 Å². The van der Waals surface area contributed by atoms with Gasteiger partial charge in [0.2, 0.25) is 0 Å². The molecule has 84 valence electrons. The maximum atomic E-state index is 13.7. The van der Waals surface area contributed by atoms with Crippen molar-refractivity contribution in [3.05, 3.63) is 35.3 Å². The van der Waals surface area contributed by atoms with Crippen LogP contribution in [0.3, 0.4) is 0 Å². The number of aryl methyl sites for hydroxylation is 1. The summed E-state index contributed by atoms with van der Waals surface area (Å²) in [6, 6.07) is 4.99. The van der Waals surface area contributed by atoms with Crippen molar-refractivity contribution in [2.75, 3.05) is 0 Å². The summed E-state index contributed by atoms with van der Waals surface area (Å²) in [7, 11) is 1.82. The molecule has 0 saturated heterocycles. The van der Waals surface area contributed by atoms with Gasteiger partial charge < -0.3 is 4.57 Å². The van der Waals surface area contributed by atoms with E-state index in [1.54, 1.807) is 13.0 Å². The molecule has 3 heteroatoms. The van der Waals surface area contributed by atoms with Gasteiger partial charge in [-0.25, -0.2) is 4.39 Å². The fraction of sp³-hybridized carbons (Fsp3) is 0.308. The minimum atomic E-state index is -0.238. The molecule has 0 N–H and O–H groups in total. The molecule has 0 aliphatic carbocycles. The maximum absolute atomic E-state index is 13.7. The van der Waals surface area contributed by atoms with Crippen LogP contribution in [0.2, 0.25) is 0 Å². The predicted octanol–water partition coefficient (Wildman–Crippen LogP) is 2.76. The van der Waals surface area contributed by atoms with Crippen LogP contribution >= 0.6 is 0 Å². The second kappa shape index (κ2) is 3.74. The van der Waals surface area contributed by atoms with Crippen LogP contribution in [0.15, 0.2) is 18.2 Å². The van der Waals surface area contributed by atoms with Crippen LogP contribution in [0.25, 0.3) is 10.9 Å². The summed E-state index contributed by atoms with van der Waals surface area (Å²) in [5, 5.41) is 0.843. The first-order chi connectivity index (χ1) is 7.52. The number of aromatic nitrogens is 1. The molecule has 0 saturated carbocycles. The summed E-state index contributed by atoms with van der Waals surface area (Å²) >= 11 is 0. The molecule has 0 fully saturated rings. The SMILES string of the molecule is CC(=O)Cc1c(C)n(C)c2c(F)cccc12. The van der Waals surface area contributed by atoms with Gasteiger partial charge in [0.1, 0.15) is 11.6 Å². The van der Waals surface area contributed by atoms with Crippen molar-refractivity contribution >= 4 is 16.7 Å². The van der Waals surface area contributed by atoms with Crippen molar-refractivity contribution in [2.24, 2.45) is 7.05 Å². The molecule has 2 nitrogen and oxygen atoms in total. The van der Waals surface area contributed by atoms with Crippen LogP contribution in [0.1, 0.15) is 18.2 Å². The first-order valence-corrected chi connectivity index (χ1v) is 5.24. The summed E-state index contributed by atoms with van der Waals surface area (Å²) in [5.74, 6) is -0.141. The molecule has 0 atom stereocenters. The number of Topliss-reactive ketones (excluding diaryl/α,β-unsaturated/α-hetero) is 1. The first-order valence-electron chi connectivity index (χ1n) is 5.24. The highest BCUT2D eigenvalue weighted by Crippen LogP contribution is 2.27. The standard InChI is InChI=1S/C13H14FNO/c1-8(16)7-11-9(2)15(3)13-10(11)5-4-6-12(13)14/h4-6H,7H2,1-3H3. The Labute approximate surface area is 93.7 Å². The molecule has 2 aromatic rings. The van der Waals surface area contributed by atoms with Crippen molar-refractivity contribution in [3.63, 3.8) is 0 Å². The molecule has 0 aliphatic heterocycles. The Balaban J connectivity index is 2.79. The molecule has 0 amide bonds. The molecule has 1 aromatic heterocycles. The highest BCUT2D eigenvalue weighted by atomic mass is 19.1. The van der Waals surface area contributed by atoms with E-state index in [0.717, 1.165) is 16.6 Å². The number of hydrogen-bond acceptors (Lipinski definition) is 1. The fourth-order valence-electron chi connectivity index (χ4n) is 2.14. The van der Waals surface area contributed by atoms with Gasteiger partial charge in [-0.15, -0.1) is 0 Å². The minimum Gasteiger partial charge on any atom is -0.345 e. The molecular weight excluding hydrogens is 205 g/mol. The third-order valence-corrected chi connectivity index (χ3v) is 3.01. The quantitative estimate of drug-likeness (QED) is 0.761. The van der Waals surface area contributed by atoms with E-state index in [0.29, 0.717) is 11.9 Å². The van der Waals surface area contributed by atoms with Crippen molar-refractivity contribution in [2.45, 2.75) is 20.3 Å². The van der Waals surface area contributed by atoms with Crippen LogP contribution in [0.5, 0.6) is 0 Å². The largest absolute Gasteiger partial charge is 0.345 e. The molecule has 16 heavy (non-hydrogen) atoms. The molecule has 0 unspecified atom stereocenters. The average Bonchev–Trinajstić information content (AvgIpc) is 2.44. The molecule has 1 aromatic carbocycles. The lowest BCUT2D eigenvalue weighted by molar-refractivity contribution is -0.116. The van der Waals surface area contributed by atoms with E-state index in [-0.39, 0.29) is 11.6 Å². The topological polar surface area (TPSA) is 22.0 Å². The summed E-state index contributed by atoms with van der Waals surface area (Å²) in [4.78, 5) is 11.2. The number of carbonyl (C=O) groups is 1. The molecule has 0 aliphatic rings. The van der Waals surface area contributed by atoms with Crippen molar-refractivity contribution in [3.8, 4) is 0 Å². The zero-order chi connectivity index (χ0) is 11.9. The number of halogens is 1. The van der Waals surface area contributed by atoms with E-state index < -0.39 is 0 Å². The zero-order valence-electron chi connectivity index (χ0n) is 9.67. The first kappa shape index (κ1) is 10.9. The lowest BCUT2D eigenvalue weighted by atomic mass is 10.1. The van der Waals surface area contributed by atoms with Crippen molar-refractivity contribution in [1.29, 1.82) is 0 Å². The summed E-state index contributed by atoms with van der Waals surface area (Å²) in [6.45, 7) is 3.47. The predicted molar refractivity (Wildman–Crippen MR) is 62.0 cm³/mol. The Morgan fingerprint density at radius 1 is 1.44 bits per heavy atom. The van der Waals surface area contributed by atoms with Gasteiger partial charge in [-0.2, -0.15) is 0 Å². The Morgan fingerprint density at radius 2 is 2.12 bits per heavy atom. The smallest absolute Gasteiger partial charge is 0.147 e. The highest BCUT2D eigenvalue weighted by Gasteiger charge is 2.15. The van der Waals surface area contributed by atoms with Gasteiger partial charge in [0.15, 0.2) is 0 Å². The van der Waals surface area contributed by atoms with Gasteiger partial charge in [-0.3, -0.25) is 4.79 Å². The second-order valence-corrected chi connectivity index (χ2v) is 4.14. The summed E-state index contributed by atoms with van der Waals surface area (Å²) in [6.07, 6.45) is 0.368. The Kier molecular flexibility index (Phi) is 2.54. The molecule has 0 spiro atoms. The van der Waals surface area contributed by atoms with Gasteiger partial charge in [0.25, 0.3) is 0 Å². The Bertz CT molecular complexity index is 569. The van der Waals surface area contributed by atoms with Gasteiger partial charge in [-0.1, -0.05) is 12.1 Å². The number of rotatable bonds is 2. The minimum absolute atomic E-state index is 0.0971. The van der Waals surface area contributed by atoms with Gasteiger partial charge in [0, 0.05) is 24.5 Å². The maximum Gasteiger partial charge on any atom is 0.147 e. The Morgan fingerprint density at radius 3 is 2.75 bits per heavy atom. The molecule has 0 bridgehead atoms. The van der Waals surface area contributed by atoms with E-state index in [1.165, 1.54) is 6.07 Å². The van der Waals surface area contributed by atoms with Crippen LogP contribution in [0.4, 0.5) is 4.39 Å². The lowest BCUT2D eigenvalue weighted by Crippen LogP contribution is -1.99. The van der Waals surface area contributed by atoms with Crippen molar-refractivity contribution < 1.29 is 9.18 Å². The zero-order valence-corrected chi connectivity index (χ0v) is 9.67. The highest BCUT2D eigenvalue weighted by molar-refractivity contribution is 5.90. The number of benzene rings is 1. The molecular formula is C13H14FNO. The fourth-order valence-corrected chi connectivity index (χ4v) is 2.14. The normalized spacial score (nSPS) is 11.0. The molecule has 0 radical (unpaired) electrons. The van der Waals surface area contributed by atoms with Crippen LogP contribution in [-0.2, 0) is 18.3 Å². The number of carbonyl (C=O) groups excluding carboxylic acids is 1. The number of para-hydroxylation sites is 1. The second-order valence-electron chi connectivity index (χ2n) is 4.14. The van der Waals surface area contributed by atoms with Gasteiger partial charge in [0.05, 0.1) is 5.52 Å². The van der Waals surface area contributed by atoms with Gasteiger partial charge in [-0.05, 0) is 25.5 Å². The van der Waals surface area contributed by atoms with Crippen LogP contribution in [-0.4, -0.2) is 10.4 Å². The van der Waals surface area contributed by atoms with Crippen LogP contribution in [0, 0.1) is 12.7 Å². The number of hydrogen-bond donors (Lipinski definition) is 0. The third kappa shape index (κ3) is 1.52. The number of ketones is 1. The van der Waals surface area contributed by atoms with E-state index >= 15 is 0 Å². The number of fused-ring (bicyclic) bond motifs is 1. The molecule has 2 rings (SSSR count). The average molecular weight is 219 g/mol. The Hall–Kier alpha value is -1.64. The summed E-state index contributed by atoms with van der Waals surface area (Å²) < 4.78 is 15.5. The summed E-state index contributed by atoms with van der Waals surface area (Å²) in [5.41, 5.74) is 2.47. The van der Waals surface area contributed by atoms with Crippen LogP contribution < -0.4 is 0 Å². The molecule has 1 heterocycles. The number of nitrogens with zero attached hydrogens (tertiary/aromatic N) is 1. The van der Waals surface area contributed by atoms with E-state index in [4.69, 9.17) is 0 Å². The monoisotopic (exact) mass is 219 g/mol. The van der Waals surface area contributed by atoms with E-state index in [9.17, 15) is 9.18 Å². The van der Waals surface area contributed by atoms with E-state index in [1.807, 2.05) is 24.6 Å².